The molecule has 0 aliphatic heterocycles. The number of hydrogen-bond donors (Lipinski definition) is 1. The molecular formula is C15H20ClNO. The third-order valence-corrected chi connectivity index (χ3v) is 2.81. The summed E-state index contributed by atoms with van der Waals surface area (Å²) in [7, 11) is 0. The van der Waals surface area contributed by atoms with Crippen LogP contribution < -0.4 is 5.32 Å². The first-order valence-corrected chi connectivity index (χ1v) is 6.80. The lowest BCUT2D eigenvalue weighted by molar-refractivity contribution is 0.0953. The number of rotatable bonds is 7. The summed E-state index contributed by atoms with van der Waals surface area (Å²) in [6.07, 6.45) is 8.68. The van der Waals surface area contributed by atoms with Crippen LogP contribution in [-0.4, -0.2) is 12.5 Å². The first-order valence-electron chi connectivity index (χ1n) is 6.42. The van der Waals surface area contributed by atoms with Crippen LogP contribution in [0.1, 0.15) is 43.0 Å². The molecule has 1 N–H and O–H groups in total. The van der Waals surface area contributed by atoms with Gasteiger partial charge < -0.3 is 5.32 Å². The smallest absolute Gasteiger partial charge is 0.251 e. The zero-order valence-electron chi connectivity index (χ0n) is 10.8. The molecule has 1 amide bonds. The summed E-state index contributed by atoms with van der Waals surface area (Å²) in [6, 6.07) is 6.92. The van der Waals surface area contributed by atoms with Crippen LogP contribution in [0.3, 0.4) is 0 Å². The van der Waals surface area contributed by atoms with E-state index in [0.717, 1.165) is 19.3 Å². The third-order valence-electron chi connectivity index (χ3n) is 2.56. The summed E-state index contributed by atoms with van der Waals surface area (Å²) in [5.41, 5.74) is 0.654. The molecule has 3 heteroatoms. The second-order valence-electron chi connectivity index (χ2n) is 4.17. The van der Waals surface area contributed by atoms with Crippen molar-refractivity contribution in [2.75, 3.05) is 6.54 Å². The van der Waals surface area contributed by atoms with Gasteiger partial charge in [0.25, 0.3) is 5.91 Å². The van der Waals surface area contributed by atoms with Gasteiger partial charge in [0.05, 0.1) is 0 Å². The Morgan fingerprint density at radius 2 is 1.89 bits per heavy atom. The van der Waals surface area contributed by atoms with Crippen LogP contribution in [-0.2, 0) is 0 Å². The van der Waals surface area contributed by atoms with Gasteiger partial charge in [-0.2, -0.15) is 0 Å². The lowest BCUT2D eigenvalue weighted by Crippen LogP contribution is -2.24. The van der Waals surface area contributed by atoms with Crippen LogP contribution in [0.2, 0.25) is 5.02 Å². The van der Waals surface area contributed by atoms with E-state index in [9.17, 15) is 4.79 Å². The zero-order valence-corrected chi connectivity index (χ0v) is 11.5. The van der Waals surface area contributed by atoms with E-state index in [-0.39, 0.29) is 5.91 Å². The van der Waals surface area contributed by atoms with E-state index in [0.29, 0.717) is 17.1 Å². The minimum atomic E-state index is -0.0378. The molecule has 0 saturated heterocycles. The van der Waals surface area contributed by atoms with Crippen molar-refractivity contribution in [3.8, 4) is 0 Å². The molecule has 0 aromatic heterocycles. The van der Waals surface area contributed by atoms with Gasteiger partial charge in [-0.25, -0.2) is 0 Å². The molecule has 0 fully saturated rings. The minimum Gasteiger partial charge on any atom is -0.352 e. The first-order chi connectivity index (χ1) is 8.74. The lowest BCUT2D eigenvalue weighted by Gasteiger charge is -2.04. The minimum absolute atomic E-state index is 0.0378. The van der Waals surface area contributed by atoms with Gasteiger partial charge in [0.2, 0.25) is 0 Å². The topological polar surface area (TPSA) is 29.1 Å². The summed E-state index contributed by atoms with van der Waals surface area (Å²) in [5.74, 6) is -0.0378. The molecule has 1 aromatic rings. The van der Waals surface area contributed by atoms with E-state index in [4.69, 9.17) is 11.6 Å². The Hall–Kier alpha value is -1.28. The fourth-order valence-electron chi connectivity index (χ4n) is 1.53. The molecule has 98 valence electrons. The summed E-state index contributed by atoms with van der Waals surface area (Å²) in [6.45, 7) is 2.87. The van der Waals surface area contributed by atoms with Gasteiger partial charge >= 0.3 is 0 Å². The van der Waals surface area contributed by atoms with Crippen molar-refractivity contribution in [2.24, 2.45) is 0 Å². The summed E-state index contributed by atoms with van der Waals surface area (Å²) >= 11 is 5.76. The number of carbonyl (C=O) groups excluding carboxylic acids is 1. The van der Waals surface area contributed by atoms with Gasteiger partial charge in [-0.05, 0) is 43.5 Å². The maximum Gasteiger partial charge on any atom is 0.251 e. The molecule has 1 aromatic carbocycles. The van der Waals surface area contributed by atoms with Crippen LogP contribution >= 0.6 is 11.6 Å². The third kappa shape index (κ3) is 5.87. The lowest BCUT2D eigenvalue weighted by atomic mass is 10.2. The standard InChI is InChI=1S/C15H20ClNO/c1-2-3-4-5-6-7-12-17-15(18)13-8-10-14(16)11-9-13/h4-5,8-11H,2-3,6-7,12H2,1H3,(H,17,18)/b5-4+. The molecule has 0 heterocycles. The predicted molar refractivity (Wildman–Crippen MR) is 77.1 cm³/mol. The van der Waals surface area contributed by atoms with Crippen LogP contribution in [0, 0.1) is 0 Å². The highest BCUT2D eigenvalue weighted by molar-refractivity contribution is 6.30. The van der Waals surface area contributed by atoms with Gasteiger partial charge in [0.1, 0.15) is 0 Å². The van der Waals surface area contributed by atoms with Crippen molar-refractivity contribution < 1.29 is 4.79 Å². The normalized spacial score (nSPS) is 10.8. The fourth-order valence-corrected chi connectivity index (χ4v) is 1.65. The number of allylic oxidation sites excluding steroid dienone is 2. The number of carbonyl (C=O) groups is 1. The van der Waals surface area contributed by atoms with E-state index in [1.54, 1.807) is 24.3 Å². The number of hydrogen-bond acceptors (Lipinski definition) is 1. The number of unbranched alkanes of at least 4 members (excludes halogenated alkanes) is 2. The second-order valence-corrected chi connectivity index (χ2v) is 4.60. The van der Waals surface area contributed by atoms with Crippen molar-refractivity contribution in [3.63, 3.8) is 0 Å². The average molecular weight is 266 g/mol. The largest absolute Gasteiger partial charge is 0.352 e. The number of halogens is 1. The molecule has 18 heavy (non-hydrogen) atoms. The van der Waals surface area contributed by atoms with Crippen LogP contribution in [0.15, 0.2) is 36.4 Å². The van der Waals surface area contributed by atoms with Gasteiger partial charge in [0, 0.05) is 17.1 Å². The van der Waals surface area contributed by atoms with Crippen molar-refractivity contribution in [1.29, 1.82) is 0 Å². The maximum atomic E-state index is 11.7. The molecule has 0 bridgehead atoms. The quantitative estimate of drug-likeness (QED) is 0.581. The van der Waals surface area contributed by atoms with Crippen LogP contribution in [0.5, 0.6) is 0 Å². The molecule has 0 aliphatic carbocycles. The average Bonchev–Trinajstić information content (AvgIpc) is 2.38. The number of nitrogens with one attached hydrogen (secondary N) is 1. The number of benzene rings is 1. The van der Waals surface area contributed by atoms with Crippen molar-refractivity contribution in [3.05, 3.63) is 47.0 Å². The second kappa shape index (κ2) is 8.76. The van der Waals surface area contributed by atoms with E-state index >= 15 is 0 Å². The Labute approximate surface area is 114 Å². The Morgan fingerprint density at radius 3 is 2.56 bits per heavy atom. The van der Waals surface area contributed by atoms with Crippen molar-refractivity contribution >= 4 is 17.5 Å². The maximum absolute atomic E-state index is 11.7. The molecule has 0 unspecified atom stereocenters. The van der Waals surface area contributed by atoms with Gasteiger partial charge in [-0.1, -0.05) is 37.1 Å². The van der Waals surface area contributed by atoms with E-state index in [1.807, 2.05) is 0 Å². The molecule has 0 aliphatic rings. The van der Waals surface area contributed by atoms with E-state index in [2.05, 4.69) is 24.4 Å². The van der Waals surface area contributed by atoms with Crippen molar-refractivity contribution in [1.82, 2.24) is 5.32 Å². The highest BCUT2D eigenvalue weighted by atomic mass is 35.5. The summed E-state index contributed by atoms with van der Waals surface area (Å²) in [5, 5.41) is 3.54. The molecule has 0 spiro atoms. The summed E-state index contributed by atoms with van der Waals surface area (Å²) < 4.78 is 0. The monoisotopic (exact) mass is 265 g/mol. The predicted octanol–water partition coefficient (Wildman–Crippen LogP) is 4.21. The molecule has 0 radical (unpaired) electrons. The molecule has 0 saturated carbocycles. The highest BCUT2D eigenvalue weighted by Gasteiger charge is 2.03. The molecule has 1 rings (SSSR count). The first kappa shape index (κ1) is 14.8. The Balaban J connectivity index is 2.19. The Bertz CT molecular complexity index is 384. The van der Waals surface area contributed by atoms with Gasteiger partial charge in [0.15, 0.2) is 0 Å². The van der Waals surface area contributed by atoms with Gasteiger partial charge in [-0.15, -0.1) is 0 Å². The van der Waals surface area contributed by atoms with Crippen LogP contribution in [0.4, 0.5) is 0 Å². The Morgan fingerprint density at radius 1 is 1.22 bits per heavy atom. The van der Waals surface area contributed by atoms with E-state index < -0.39 is 0 Å². The summed E-state index contributed by atoms with van der Waals surface area (Å²) in [4.78, 5) is 11.7. The Kier molecular flexibility index (Phi) is 7.19. The fraction of sp³-hybridized carbons (Fsp3) is 0.400. The highest BCUT2D eigenvalue weighted by Crippen LogP contribution is 2.09. The zero-order chi connectivity index (χ0) is 13.2. The van der Waals surface area contributed by atoms with Crippen LogP contribution in [0.25, 0.3) is 0 Å². The molecule has 2 nitrogen and oxygen atoms in total. The SMILES string of the molecule is CCC/C=C/CCCNC(=O)c1ccc(Cl)cc1. The number of amides is 1. The molecular weight excluding hydrogens is 246 g/mol. The van der Waals surface area contributed by atoms with E-state index in [1.165, 1.54) is 6.42 Å². The van der Waals surface area contributed by atoms with Crippen molar-refractivity contribution in [2.45, 2.75) is 32.6 Å². The molecule has 0 atom stereocenters. The van der Waals surface area contributed by atoms with Gasteiger partial charge in [-0.3, -0.25) is 4.79 Å².